The number of nitrogens with one attached hydrogen (secondary N) is 1. The molecule has 0 saturated heterocycles. The summed E-state index contributed by atoms with van der Waals surface area (Å²) in [6.07, 6.45) is 1.67. The van der Waals surface area contributed by atoms with Crippen molar-refractivity contribution in [2.24, 2.45) is 7.05 Å². The Balaban J connectivity index is 1.87. The number of hydrogen-bond donors (Lipinski definition) is 1. The van der Waals surface area contributed by atoms with Gasteiger partial charge in [-0.05, 0) is 42.8 Å². The Labute approximate surface area is 172 Å². The van der Waals surface area contributed by atoms with Crippen molar-refractivity contribution in [1.29, 1.82) is 0 Å². The van der Waals surface area contributed by atoms with E-state index in [1.165, 1.54) is 25.3 Å². The molecular weight excluding hydrogens is 388 g/mol. The zero-order chi connectivity index (χ0) is 21.3. The van der Waals surface area contributed by atoms with E-state index in [4.69, 9.17) is 9.72 Å². The van der Waals surface area contributed by atoms with Gasteiger partial charge in [0.15, 0.2) is 23.2 Å². The van der Waals surface area contributed by atoms with E-state index in [-0.39, 0.29) is 11.6 Å². The van der Waals surface area contributed by atoms with Crippen LogP contribution in [0.2, 0.25) is 0 Å². The molecular formula is C22H21F2N5O. The van der Waals surface area contributed by atoms with Gasteiger partial charge in [0.25, 0.3) is 0 Å². The molecule has 0 radical (unpaired) electrons. The fourth-order valence-electron chi connectivity index (χ4n) is 3.34. The van der Waals surface area contributed by atoms with Crippen LogP contribution in [0.5, 0.6) is 5.75 Å². The van der Waals surface area contributed by atoms with E-state index in [2.05, 4.69) is 22.3 Å². The molecule has 0 saturated carbocycles. The molecule has 8 heteroatoms. The molecule has 0 spiro atoms. The molecule has 0 unspecified atom stereocenters. The third-order valence-corrected chi connectivity index (χ3v) is 4.76. The minimum atomic E-state index is -0.483. The smallest absolute Gasteiger partial charge is 0.167 e. The zero-order valence-corrected chi connectivity index (χ0v) is 16.9. The summed E-state index contributed by atoms with van der Waals surface area (Å²) in [4.78, 5) is 9.35. The van der Waals surface area contributed by atoms with E-state index in [0.717, 1.165) is 18.5 Å². The van der Waals surface area contributed by atoms with Crippen LogP contribution in [0.15, 0.2) is 42.5 Å². The van der Waals surface area contributed by atoms with Crippen molar-refractivity contribution in [1.82, 2.24) is 19.7 Å². The van der Waals surface area contributed by atoms with Gasteiger partial charge in [0, 0.05) is 24.4 Å². The van der Waals surface area contributed by atoms with Gasteiger partial charge in [-0.3, -0.25) is 4.68 Å². The Morgan fingerprint density at radius 1 is 1.07 bits per heavy atom. The van der Waals surface area contributed by atoms with Crippen LogP contribution in [0.4, 0.5) is 20.3 Å². The molecule has 4 rings (SSSR count). The molecule has 0 amide bonds. The van der Waals surface area contributed by atoms with Crippen LogP contribution >= 0.6 is 0 Å². The first kappa shape index (κ1) is 19.8. The van der Waals surface area contributed by atoms with Crippen LogP contribution in [0, 0.1) is 11.6 Å². The maximum Gasteiger partial charge on any atom is 0.167 e. The quantitative estimate of drug-likeness (QED) is 0.485. The number of anilines is 2. The van der Waals surface area contributed by atoms with Crippen LogP contribution in [0.25, 0.3) is 22.4 Å². The molecule has 0 aliphatic rings. The molecule has 30 heavy (non-hydrogen) atoms. The Bertz CT molecular complexity index is 1200. The van der Waals surface area contributed by atoms with Gasteiger partial charge in [0.2, 0.25) is 0 Å². The number of nitrogens with zero attached hydrogens (tertiary/aromatic N) is 4. The summed E-state index contributed by atoms with van der Waals surface area (Å²) in [5.41, 5.74) is 3.46. The van der Waals surface area contributed by atoms with Gasteiger partial charge in [-0.15, -0.1) is 0 Å². The lowest BCUT2D eigenvalue weighted by atomic mass is 10.2. The van der Waals surface area contributed by atoms with Crippen LogP contribution < -0.4 is 10.1 Å². The molecule has 0 aliphatic carbocycles. The van der Waals surface area contributed by atoms with Crippen molar-refractivity contribution in [3.63, 3.8) is 0 Å². The number of aryl methyl sites for hydroxylation is 2. The molecule has 0 bridgehead atoms. The van der Waals surface area contributed by atoms with Gasteiger partial charge in [0.1, 0.15) is 16.9 Å². The predicted molar refractivity (Wildman–Crippen MR) is 112 cm³/mol. The summed E-state index contributed by atoms with van der Waals surface area (Å²) in [7, 11) is 3.24. The molecule has 4 aromatic rings. The van der Waals surface area contributed by atoms with E-state index < -0.39 is 5.82 Å². The van der Waals surface area contributed by atoms with E-state index in [9.17, 15) is 8.78 Å². The van der Waals surface area contributed by atoms with Gasteiger partial charge < -0.3 is 10.1 Å². The maximum absolute atomic E-state index is 14.2. The van der Waals surface area contributed by atoms with Crippen molar-refractivity contribution < 1.29 is 13.5 Å². The fourth-order valence-corrected chi connectivity index (χ4v) is 3.34. The van der Waals surface area contributed by atoms with Crippen LogP contribution in [0.3, 0.4) is 0 Å². The Morgan fingerprint density at radius 2 is 1.83 bits per heavy atom. The lowest BCUT2D eigenvalue weighted by molar-refractivity contribution is 0.386. The number of halogens is 2. The standard InChI is InChI=1S/C22H21F2N5O/c1-4-5-17-19-20(29(2)28-17)22(25-15-10-11-18(30-3)16(24)12-15)27-21(26-19)13-6-8-14(23)9-7-13/h6-12H,4-5H2,1-3H3,(H,25,26,27). The molecule has 2 heterocycles. The summed E-state index contributed by atoms with van der Waals surface area (Å²) in [6.45, 7) is 2.07. The molecule has 2 aromatic heterocycles. The minimum Gasteiger partial charge on any atom is -0.494 e. The minimum absolute atomic E-state index is 0.158. The largest absolute Gasteiger partial charge is 0.494 e. The van der Waals surface area contributed by atoms with Crippen LogP contribution in [0.1, 0.15) is 19.0 Å². The molecule has 0 aliphatic heterocycles. The first-order valence-electron chi connectivity index (χ1n) is 9.60. The Kier molecular flexibility index (Phi) is 5.31. The molecule has 1 N–H and O–H groups in total. The zero-order valence-electron chi connectivity index (χ0n) is 16.9. The molecule has 0 fully saturated rings. The number of ether oxygens (including phenoxy) is 1. The van der Waals surface area contributed by atoms with Crippen molar-refractivity contribution >= 4 is 22.5 Å². The third kappa shape index (κ3) is 3.68. The van der Waals surface area contributed by atoms with Gasteiger partial charge in [-0.2, -0.15) is 5.10 Å². The molecule has 154 valence electrons. The van der Waals surface area contributed by atoms with Crippen molar-refractivity contribution in [3.8, 4) is 17.1 Å². The highest BCUT2D eigenvalue weighted by Gasteiger charge is 2.18. The molecule has 2 aromatic carbocycles. The summed E-state index contributed by atoms with van der Waals surface area (Å²) in [6, 6.07) is 10.6. The van der Waals surface area contributed by atoms with E-state index in [1.807, 2.05) is 7.05 Å². The fraction of sp³-hybridized carbons (Fsp3) is 0.227. The van der Waals surface area contributed by atoms with Crippen molar-refractivity contribution in [2.75, 3.05) is 12.4 Å². The predicted octanol–water partition coefficient (Wildman–Crippen LogP) is 5.01. The van der Waals surface area contributed by atoms with Crippen molar-refractivity contribution in [2.45, 2.75) is 19.8 Å². The SMILES string of the molecule is CCCc1nn(C)c2c(Nc3ccc(OC)c(F)c3)nc(-c3ccc(F)cc3)nc12. The van der Waals surface area contributed by atoms with E-state index >= 15 is 0 Å². The average Bonchev–Trinajstić information content (AvgIpc) is 3.04. The van der Waals surface area contributed by atoms with Gasteiger partial charge in [-0.25, -0.2) is 18.7 Å². The maximum atomic E-state index is 14.2. The first-order valence-corrected chi connectivity index (χ1v) is 9.60. The van der Waals surface area contributed by atoms with E-state index in [0.29, 0.717) is 33.9 Å². The van der Waals surface area contributed by atoms with Crippen LogP contribution in [-0.4, -0.2) is 26.9 Å². The number of rotatable bonds is 6. The Hall–Kier alpha value is -3.55. The monoisotopic (exact) mass is 409 g/mol. The van der Waals surface area contributed by atoms with E-state index in [1.54, 1.807) is 28.9 Å². The highest BCUT2D eigenvalue weighted by Crippen LogP contribution is 2.30. The first-order chi connectivity index (χ1) is 14.5. The number of methoxy groups -OCH3 is 1. The number of aromatic nitrogens is 4. The lowest BCUT2D eigenvalue weighted by Crippen LogP contribution is -2.02. The average molecular weight is 409 g/mol. The highest BCUT2D eigenvalue weighted by atomic mass is 19.1. The molecule has 0 atom stereocenters. The number of hydrogen-bond acceptors (Lipinski definition) is 5. The summed E-state index contributed by atoms with van der Waals surface area (Å²) >= 11 is 0. The van der Waals surface area contributed by atoms with Gasteiger partial charge in [-0.1, -0.05) is 13.3 Å². The normalized spacial score (nSPS) is 11.1. The number of benzene rings is 2. The van der Waals surface area contributed by atoms with Crippen molar-refractivity contribution in [3.05, 3.63) is 59.8 Å². The summed E-state index contributed by atoms with van der Waals surface area (Å²) in [5.74, 6) is 0.264. The molecule has 6 nitrogen and oxygen atoms in total. The number of fused-ring (bicyclic) bond motifs is 1. The Morgan fingerprint density at radius 3 is 2.50 bits per heavy atom. The highest BCUT2D eigenvalue weighted by molar-refractivity contribution is 5.91. The third-order valence-electron chi connectivity index (χ3n) is 4.76. The van der Waals surface area contributed by atoms with Gasteiger partial charge in [0.05, 0.1) is 12.8 Å². The van der Waals surface area contributed by atoms with Gasteiger partial charge >= 0.3 is 0 Å². The van der Waals surface area contributed by atoms with Crippen LogP contribution in [-0.2, 0) is 13.5 Å². The summed E-state index contributed by atoms with van der Waals surface area (Å²) < 4.78 is 34.3. The lowest BCUT2D eigenvalue weighted by Gasteiger charge is -2.11. The second kappa shape index (κ2) is 8.06. The second-order valence-electron chi connectivity index (χ2n) is 6.89. The second-order valence-corrected chi connectivity index (χ2v) is 6.89. The topological polar surface area (TPSA) is 64.9 Å². The summed E-state index contributed by atoms with van der Waals surface area (Å²) in [5, 5.41) is 7.77.